The van der Waals surface area contributed by atoms with E-state index in [-0.39, 0.29) is 67.3 Å². The number of halogens is 4. The highest BCUT2D eigenvalue weighted by molar-refractivity contribution is 7.90. The van der Waals surface area contributed by atoms with Crippen LogP contribution in [0.15, 0.2) is 106 Å². The van der Waals surface area contributed by atoms with Crippen LogP contribution in [-0.4, -0.2) is 50.5 Å². The van der Waals surface area contributed by atoms with Gasteiger partial charge in [0, 0.05) is 17.8 Å². The molecule has 0 unspecified atom stereocenters. The SMILES string of the molecule is C=C/C(F)=C(/Nc1ccc(C)cc1CC(=O)NS(=O)(=O)CCCP(=O)(OCC)OCC)C(Cl)=CCC.CC1=C(Cl)C(Nc2ccc(C)cc2CC(=O)O)=C(F)CC=C1. The molecule has 0 bridgehead atoms. The third kappa shape index (κ3) is 16.7. The number of rotatable bonds is 20. The Labute approximate surface area is 350 Å². The maximum Gasteiger partial charge on any atom is 0.330 e. The molecular weight excluding hydrogens is 834 g/mol. The van der Waals surface area contributed by atoms with E-state index in [1.54, 1.807) is 69.3 Å². The third-order valence-corrected chi connectivity index (χ3v) is 12.4. The number of aliphatic carboxylic acids is 1. The number of aryl methyl sites for hydroxylation is 2. The van der Waals surface area contributed by atoms with E-state index in [4.69, 9.17) is 37.4 Å². The van der Waals surface area contributed by atoms with Crippen LogP contribution in [0.25, 0.3) is 0 Å². The van der Waals surface area contributed by atoms with Crippen LogP contribution in [0.5, 0.6) is 0 Å². The third-order valence-electron chi connectivity index (χ3n) is 8.04. The minimum Gasteiger partial charge on any atom is -0.481 e. The standard InChI is InChI=1S/C24H35ClFN2O6PS.C17H17ClFNO2/c1-6-11-20(25)24(21(26)7-2)27-22-13-12-18(5)16-19(22)17-23(29)28-36(31,32)15-10-14-35(30,33-8-3)34-9-4;1-10-6-7-14(12(8-10)9-15(21)22)20-17-13(19)5-3-4-11(2)16(17)18/h7,11-13,16,27H,2,6,8-10,14-15,17H2,1,3-5H3,(H,28,29);3-4,6-8,20H,5,9H2,1-2H3,(H,21,22)/b20-11?,24-21-;. The molecule has 1 amide bonds. The molecule has 0 spiro atoms. The van der Waals surface area contributed by atoms with Gasteiger partial charge in [0.15, 0.2) is 0 Å². The van der Waals surface area contributed by atoms with E-state index in [2.05, 4.69) is 17.2 Å². The summed E-state index contributed by atoms with van der Waals surface area (Å²) in [6.45, 7) is 14.4. The van der Waals surface area contributed by atoms with E-state index in [1.165, 1.54) is 0 Å². The number of allylic oxidation sites excluding steroid dienone is 9. The molecule has 17 heteroatoms. The summed E-state index contributed by atoms with van der Waals surface area (Å²) in [7, 11) is -7.39. The van der Waals surface area contributed by atoms with E-state index >= 15 is 0 Å². The highest BCUT2D eigenvalue weighted by Crippen LogP contribution is 2.48. The Balaban J connectivity index is 0.000000447. The second kappa shape index (κ2) is 24.1. The van der Waals surface area contributed by atoms with E-state index in [9.17, 15) is 31.4 Å². The number of benzene rings is 2. The van der Waals surface area contributed by atoms with Gasteiger partial charge in [-0.3, -0.25) is 18.9 Å². The molecule has 58 heavy (non-hydrogen) atoms. The van der Waals surface area contributed by atoms with Crippen LogP contribution in [0.3, 0.4) is 0 Å². The van der Waals surface area contributed by atoms with Gasteiger partial charge in [-0.15, -0.1) is 0 Å². The summed E-state index contributed by atoms with van der Waals surface area (Å²) in [5.74, 6) is -3.20. The van der Waals surface area contributed by atoms with Gasteiger partial charge in [0.05, 0.1) is 59.4 Å². The number of carbonyl (C=O) groups is 2. The molecule has 2 aromatic carbocycles. The van der Waals surface area contributed by atoms with Gasteiger partial charge in [-0.2, -0.15) is 0 Å². The molecule has 3 rings (SSSR count). The lowest BCUT2D eigenvalue weighted by Gasteiger charge is -2.17. The van der Waals surface area contributed by atoms with Crippen molar-refractivity contribution < 1.29 is 45.5 Å². The number of carboxylic acid groups (broad SMARTS) is 1. The van der Waals surface area contributed by atoms with Crippen molar-refractivity contribution in [1.82, 2.24) is 4.72 Å². The molecule has 1 aliphatic rings. The van der Waals surface area contributed by atoms with Crippen LogP contribution in [0.1, 0.15) is 69.2 Å². The lowest BCUT2D eigenvalue weighted by molar-refractivity contribution is -0.136. The molecule has 4 N–H and O–H groups in total. The predicted octanol–water partition coefficient (Wildman–Crippen LogP) is 10.6. The quantitative estimate of drug-likeness (QED) is 0.0744. The number of sulfonamides is 1. The van der Waals surface area contributed by atoms with Crippen LogP contribution < -0.4 is 15.4 Å². The number of carboxylic acids is 1. The summed E-state index contributed by atoms with van der Waals surface area (Å²) < 4.78 is 78.4. The van der Waals surface area contributed by atoms with Gasteiger partial charge >= 0.3 is 13.6 Å². The lowest BCUT2D eigenvalue weighted by atomic mass is 10.1. The summed E-state index contributed by atoms with van der Waals surface area (Å²) in [4.78, 5) is 23.6. The Morgan fingerprint density at radius 1 is 1.00 bits per heavy atom. The molecule has 0 aliphatic heterocycles. The zero-order valence-corrected chi connectivity index (χ0v) is 36.7. The normalized spacial score (nSPS) is 13.9. The van der Waals surface area contributed by atoms with E-state index < -0.39 is 41.1 Å². The van der Waals surface area contributed by atoms with Gasteiger partial charge in [-0.1, -0.05) is 90.3 Å². The maximum absolute atomic E-state index is 14.4. The molecule has 2 aromatic rings. The highest BCUT2D eigenvalue weighted by atomic mass is 35.5. The second-order valence-electron chi connectivity index (χ2n) is 13.0. The Morgan fingerprint density at radius 2 is 1.59 bits per heavy atom. The minimum absolute atomic E-state index is 0.0142. The van der Waals surface area contributed by atoms with Gasteiger partial charge in [0.25, 0.3) is 0 Å². The number of anilines is 2. The molecule has 0 aromatic heterocycles. The molecule has 0 heterocycles. The maximum atomic E-state index is 14.4. The Morgan fingerprint density at radius 3 is 2.14 bits per heavy atom. The van der Waals surface area contributed by atoms with Crippen LogP contribution in [-0.2, 0) is 46.1 Å². The highest BCUT2D eigenvalue weighted by Gasteiger charge is 2.25. The fraction of sp³-hybridized carbons (Fsp3) is 0.366. The number of hydrogen-bond donors (Lipinski definition) is 4. The number of amides is 1. The van der Waals surface area contributed by atoms with Gasteiger partial charge in [-0.25, -0.2) is 17.2 Å². The van der Waals surface area contributed by atoms with Crippen LogP contribution >= 0.6 is 30.8 Å². The first-order chi connectivity index (χ1) is 27.3. The van der Waals surface area contributed by atoms with Crippen molar-refractivity contribution in [2.24, 2.45) is 0 Å². The monoisotopic (exact) mass is 885 g/mol. The Hall–Kier alpha value is -4.04. The molecular formula is C41H52Cl2F2N3O8PS. The van der Waals surface area contributed by atoms with Crippen molar-refractivity contribution in [1.29, 1.82) is 0 Å². The van der Waals surface area contributed by atoms with Crippen molar-refractivity contribution in [2.75, 3.05) is 35.8 Å². The lowest BCUT2D eigenvalue weighted by Crippen LogP contribution is -2.34. The van der Waals surface area contributed by atoms with E-state index in [0.717, 1.165) is 22.8 Å². The molecule has 0 saturated carbocycles. The van der Waals surface area contributed by atoms with Crippen LogP contribution in [0.2, 0.25) is 0 Å². The van der Waals surface area contributed by atoms with Gasteiger partial charge in [0.2, 0.25) is 15.9 Å². The fourth-order valence-electron chi connectivity index (χ4n) is 5.43. The van der Waals surface area contributed by atoms with Crippen LogP contribution in [0, 0.1) is 13.8 Å². The molecule has 0 fully saturated rings. The predicted molar refractivity (Wildman–Crippen MR) is 230 cm³/mol. The van der Waals surface area contributed by atoms with Gasteiger partial charge in [0.1, 0.15) is 11.7 Å². The van der Waals surface area contributed by atoms with Crippen molar-refractivity contribution in [3.8, 4) is 0 Å². The van der Waals surface area contributed by atoms with Gasteiger partial charge in [-0.05, 0) is 82.4 Å². The first-order valence-electron chi connectivity index (χ1n) is 18.4. The largest absolute Gasteiger partial charge is 0.481 e. The van der Waals surface area contributed by atoms with Crippen molar-refractivity contribution in [3.63, 3.8) is 0 Å². The zero-order valence-electron chi connectivity index (χ0n) is 33.5. The Bertz CT molecular complexity index is 2130. The zero-order chi connectivity index (χ0) is 43.6. The van der Waals surface area contributed by atoms with Crippen molar-refractivity contribution in [3.05, 3.63) is 128 Å². The molecule has 0 radical (unpaired) electrons. The summed E-state index contributed by atoms with van der Waals surface area (Å²) in [6, 6.07) is 10.5. The van der Waals surface area contributed by atoms with E-state index in [1.807, 2.05) is 31.6 Å². The van der Waals surface area contributed by atoms with Crippen LogP contribution in [0.4, 0.5) is 20.2 Å². The average molecular weight is 887 g/mol. The summed E-state index contributed by atoms with van der Waals surface area (Å²) in [5.41, 5.74) is 4.66. The molecule has 11 nitrogen and oxygen atoms in total. The summed E-state index contributed by atoms with van der Waals surface area (Å²) in [5, 5.41) is 15.3. The molecule has 0 saturated heterocycles. The number of nitrogens with one attached hydrogen (secondary N) is 3. The number of hydrogen-bond acceptors (Lipinski definition) is 9. The van der Waals surface area contributed by atoms with Crippen molar-refractivity contribution >= 4 is 64.1 Å². The topological polar surface area (TPSA) is 160 Å². The smallest absolute Gasteiger partial charge is 0.330 e. The molecule has 0 atom stereocenters. The first kappa shape index (κ1) is 50.1. The van der Waals surface area contributed by atoms with E-state index in [0.29, 0.717) is 34.0 Å². The van der Waals surface area contributed by atoms with Gasteiger partial charge < -0.3 is 24.8 Å². The fourth-order valence-corrected chi connectivity index (χ4v) is 8.85. The molecule has 1 aliphatic carbocycles. The summed E-state index contributed by atoms with van der Waals surface area (Å²) in [6.07, 6.45) is 6.28. The molecule has 318 valence electrons. The number of carbonyl (C=O) groups excluding carboxylic acids is 1. The second-order valence-corrected chi connectivity index (χ2v) is 17.8. The average Bonchev–Trinajstić information content (AvgIpc) is 3.24. The first-order valence-corrected chi connectivity index (χ1v) is 22.6. The Kier molecular flexibility index (Phi) is 20.9. The summed E-state index contributed by atoms with van der Waals surface area (Å²) >= 11 is 12.4. The minimum atomic E-state index is -4.00. The van der Waals surface area contributed by atoms with Crippen molar-refractivity contribution in [2.45, 2.75) is 73.6 Å².